The predicted octanol–water partition coefficient (Wildman–Crippen LogP) is 1.76. The smallest absolute Gasteiger partial charge is 0.379 e. The number of aliphatic carboxylic acids is 1. The van der Waals surface area contributed by atoms with E-state index >= 15 is 0 Å². The summed E-state index contributed by atoms with van der Waals surface area (Å²) in [7, 11) is 0. The fraction of sp³-hybridized carbons (Fsp3) is 0.286. The molecule has 66 valence electrons. The van der Waals surface area contributed by atoms with E-state index in [4.69, 9.17) is 5.11 Å². The molecule has 1 aromatic heterocycles. The van der Waals surface area contributed by atoms with Crippen LogP contribution in [0.1, 0.15) is 11.3 Å². The Morgan fingerprint density at radius 3 is 2.58 bits per heavy atom. The molecule has 0 radical (unpaired) electrons. The Morgan fingerprint density at radius 2 is 2.25 bits per heavy atom. The minimum Gasteiger partial charge on any atom is -0.477 e. The van der Waals surface area contributed by atoms with Gasteiger partial charge in [0, 0.05) is 0 Å². The van der Waals surface area contributed by atoms with E-state index in [9.17, 15) is 13.6 Å². The second kappa shape index (κ2) is 2.58. The molecule has 1 rings (SSSR count). The van der Waals surface area contributed by atoms with Crippen LogP contribution in [0.15, 0.2) is 16.7 Å². The molecular weight excluding hydrogens is 170 g/mol. The zero-order valence-electron chi connectivity index (χ0n) is 6.17. The summed E-state index contributed by atoms with van der Waals surface area (Å²) in [6, 6.07) is 0.994. The Kier molecular flexibility index (Phi) is 1.87. The summed E-state index contributed by atoms with van der Waals surface area (Å²) in [5.74, 6) is -5.79. The van der Waals surface area contributed by atoms with Crippen LogP contribution in [-0.2, 0) is 10.7 Å². The van der Waals surface area contributed by atoms with Gasteiger partial charge in [-0.3, -0.25) is 0 Å². The van der Waals surface area contributed by atoms with Gasteiger partial charge in [0.1, 0.15) is 12.0 Å². The lowest BCUT2D eigenvalue weighted by Crippen LogP contribution is -2.24. The molecule has 0 bridgehead atoms. The third-order valence-electron chi connectivity index (χ3n) is 1.36. The molecule has 0 aliphatic rings. The van der Waals surface area contributed by atoms with Crippen molar-refractivity contribution < 1.29 is 23.1 Å². The minimum absolute atomic E-state index is 0.255. The van der Waals surface area contributed by atoms with Crippen LogP contribution in [0, 0.1) is 6.92 Å². The van der Waals surface area contributed by atoms with E-state index in [2.05, 4.69) is 4.42 Å². The number of halogens is 2. The van der Waals surface area contributed by atoms with E-state index in [0.29, 0.717) is 0 Å². The second-order valence-corrected chi connectivity index (χ2v) is 2.33. The summed E-state index contributed by atoms with van der Waals surface area (Å²) < 4.78 is 29.8. The van der Waals surface area contributed by atoms with Crippen molar-refractivity contribution in [1.82, 2.24) is 0 Å². The molecule has 0 aliphatic carbocycles. The number of hydrogen-bond donors (Lipinski definition) is 1. The fourth-order valence-electron chi connectivity index (χ4n) is 0.732. The number of carboxylic acids is 1. The summed E-state index contributed by atoms with van der Waals surface area (Å²) >= 11 is 0. The maximum atomic E-state index is 12.6. The first kappa shape index (κ1) is 8.70. The van der Waals surface area contributed by atoms with Crippen LogP contribution in [0.3, 0.4) is 0 Å². The van der Waals surface area contributed by atoms with Gasteiger partial charge >= 0.3 is 11.9 Å². The first-order valence-electron chi connectivity index (χ1n) is 3.11. The number of hydrogen-bond acceptors (Lipinski definition) is 2. The quantitative estimate of drug-likeness (QED) is 0.746. The van der Waals surface area contributed by atoms with Gasteiger partial charge in [-0.1, -0.05) is 0 Å². The molecule has 0 fully saturated rings. The highest BCUT2D eigenvalue weighted by atomic mass is 19.3. The van der Waals surface area contributed by atoms with Gasteiger partial charge < -0.3 is 9.52 Å². The SMILES string of the molecule is Cc1cc(C(F)(F)C(=O)O)co1. The lowest BCUT2D eigenvalue weighted by atomic mass is 10.2. The van der Waals surface area contributed by atoms with Gasteiger partial charge in [0.05, 0.1) is 5.56 Å². The van der Waals surface area contributed by atoms with Crippen molar-refractivity contribution in [3.05, 3.63) is 23.7 Å². The molecule has 0 aromatic carbocycles. The number of alkyl halides is 2. The van der Waals surface area contributed by atoms with E-state index in [0.717, 1.165) is 12.3 Å². The molecule has 5 heteroatoms. The largest absolute Gasteiger partial charge is 0.477 e. The normalized spacial score (nSPS) is 11.6. The molecule has 1 N–H and O–H groups in total. The third-order valence-corrected chi connectivity index (χ3v) is 1.36. The Morgan fingerprint density at radius 1 is 1.67 bits per heavy atom. The highest BCUT2D eigenvalue weighted by Gasteiger charge is 2.42. The third kappa shape index (κ3) is 1.30. The van der Waals surface area contributed by atoms with Gasteiger partial charge in [-0.15, -0.1) is 0 Å². The van der Waals surface area contributed by atoms with Crippen molar-refractivity contribution >= 4 is 5.97 Å². The molecule has 0 atom stereocenters. The summed E-state index contributed by atoms with van der Waals surface area (Å²) in [4.78, 5) is 10.0. The maximum absolute atomic E-state index is 12.6. The average molecular weight is 176 g/mol. The predicted molar refractivity (Wildman–Crippen MR) is 35.0 cm³/mol. The molecule has 0 spiro atoms. The van der Waals surface area contributed by atoms with Crippen molar-refractivity contribution in [1.29, 1.82) is 0 Å². The first-order chi connectivity index (χ1) is 5.44. The average Bonchev–Trinajstić information content (AvgIpc) is 2.35. The Bertz CT molecular complexity index is 303. The summed E-state index contributed by atoms with van der Waals surface area (Å²) in [6.45, 7) is 1.46. The number of aryl methyl sites for hydroxylation is 1. The number of rotatable bonds is 2. The van der Waals surface area contributed by atoms with Gasteiger partial charge in [0.25, 0.3) is 0 Å². The van der Waals surface area contributed by atoms with Crippen LogP contribution >= 0.6 is 0 Å². The van der Waals surface area contributed by atoms with Gasteiger partial charge in [-0.05, 0) is 13.0 Å². The van der Waals surface area contributed by atoms with Gasteiger partial charge in [0.15, 0.2) is 0 Å². The minimum atomic E-state index is -3.86. The van der Waals surface area contributed by atoms with Crippen molar-refractivity contribution in [3.63, 3.8) is 0 Å². The molecule has 0 amide bonds. The van der Waals surface area contributed by atoms with Crippen molar-refractivity contribution in [2.45, 2.75) is 12.8 Å². The summed E-state index contributed by atoms with van der Waals surface area (Å²) in [5.41, 5.74) is -0.632. The lowest BCUT2D eigenvalue weighted by molar-refractivity contribution is -0.166. The highest BCUT2D eigenvalue weighted by Crippen LogP contribution is 2.29. The van der Waals surface area contributed by atoms with Crippen molar-refractivity contribution in [2.75, 3.05) is 0 Å². The van der Waals surface area contributed by atoms with Gasteiger partial charge in [-0.25, -0.2) is 4.79 Å². The highest BCUT2D eigenvalue weighted by molar-refractivity contribution is 5.77. The Hall–Kier alpha value is -1.39. The van der Waals surface area contributed by atoms with Crippen LogP contribution in [-0.4, -0.2) is 11.1 Å². The molecule has 3 nitrogen and oxygen atoms in total. The summed E-state index contributed by atoms with van der Waals surface area (Å²) in [5, 5.41) is 8.11. The number of carboxylic acid groups (broad SMARTS) is 1. The summed E-state index contributed by atoms with van der Waals surface area (Å²) in [6.07, 6.45) is 0.740. The van der Waals surface area contributed by atoms with E-state index in [1.54, 1.807) is 0 Å². The molecular formula is C7H6F2O3. The van der Waals surface area contributed by atoms with Crippen LogP contribution in [0.4, 0.5) is 8.78 Å². The van der Waals surface area contributed by atoms with Gasteiger partial charge in [0.2, 0.25) is 0 Å². The van der Waals surface area contributed by atoms with Crippen LogP contribution in [0.2, 0.25) is 0 Å². The molecule has 0 aliphatic heterocycles. The monoisotopic (exact) mass is 176 g/mol. The van der Waals surface area contributed by atoms with E-state index in [1.807, 2.05) is 0 Å². The molecule has 1 heterocycles. The molecule has 0 unspecified atom stereocenters. The van der Waals surface area contributed by atoms with Crippen molar-refractivity contribution in [2.24, 2.45) is 0 Å². The molecule has 1 aromatic rings. The molecule has 0 saturated heterocycles. The fourth-order valence-corrected chi connectivity index (χ4v) is 0.732. The van der Waals surface area contributed by atoms with E-state index in [-0.39, 0.29) is 5.76 Å². The second-order valence-electron chi connectivity index (χ2n) is 2.33. The number of carbonyl (C=O) groups is 1. The number of furan rings is 1. The van der Waals surface area contributed by atoms with Gasteiger partial charge in [-0.2, -0.15) is 8.78 Å². The zero-order chi connectivity index (χ0) is 9.35. The van der Waals surface area contributed by atoms with Crippen LogP contribution < -0.4 is 0 Å². The first-order valence-corrected chi connectivity index (χ1v) is 3.11. The molecule has 0 saturated carbocycles. The Balaban J connectivity index is 3.05. The molecule has 12 heavy (non-hydrogen) atoms. The van der Waals surface area contributed by atoms with E-state index < -0.39 is 17.5 Å². The lowest BCUT2D eigenvalue weighted by Gasteiger charge is -2.06. The van der Waals surface area contributed by atoms with E-state index in [1.165, 1.54) is 6.92 Å². The topological polar surface area (TPSA) is 50.4 Å². The van der Waals surface area contributed by atoms with Crippen LogP contribution in [0.5, 0.6) is 0 Å². The maximum Gasteiger partial charge on any atom is 0.379 e. The standard InChI is InChI=1S/C7H6F2O3/c1-4-2-5(3-12-4)7(8,9)6(10)11/h2-3H,1H3,(H,10,11). The zero-order valence-corrected chi connectivity index (χ0v) is 6.17. The van der Waals surface area contributed by atoms with Crippen molar-refractivity contribution in [3.8, 4) is 0 Å². The Labute approximate surface area is 66.6 Å². The van der Waals surface area contributed by atoms with Crippen LogP contribution in [0.25, 0.3) is 0 Å².